The van der Waals surface area contributed by atoms with Crippen LogP contribution in [-0.4, -0.2) is 10.9 Å². The number of anilines is 1. The van der Waals surface area contributed by atoms with Crippen LogP contribution < -0.4 is 5.32 Å². The molecule has 0 bridgehead atoms. The number of hydrogen-bond acceptors (Lipinski definition) is 4. The van der Waals surface area contributed by atoms with E-state index in [0.717, 1.165) is 16.2 Å². The van der Waals surface area contributed by atoms with Crippen LogP contribution in [0.15, 0.2) is 34.5 Å². The van der Waals surface area contributed by atoms with Gasteiger partial charge in [-0.05, 0) is 24.6 Å². The van der Waals surface area contributed by atoms with Crippen molar-refractivity contribution < 1.29 is 4.79 Å². The predicted molar refractivity (Wildman–Crippen MR) is 72.9 cm³/mol. The van der Waals surface area contributed by atoms with Crippen molar-refractivity contribution in [3.05, 3.63) is 40.9 Å². The molecule has 0 saturated carbocycles. The number of amides is 1. The molecular formula is C12H12N2OS2. The minimum Gasteiger partial charge on any atom is -0.302 e. The third-order valence-electron chi connectivity index (χ3n) is 2.17. The molecule has 0 atom stereocenters. The van der Waals surface area contributed by atoms with Crippen LogP contribution in [0.1, 0.15) is 11.3 Å². The Morgan fingerprint density at radius 1 is 1.41 bits per heavy atom. The molecule has 0 radical (unpaired) electrons. The zero-order chi connectivity index (χ0) is 12.3. The van der Waals surface area contributed by atoms with E-state index < -0.39 is 0 Å². The Bertz CT molecular complexity index is 520. The first-order valence-corrected chi connectivity index (χ1v) is 6.46. The molecule has 0 saturated heterocycles. The SMILES string of the molecule is Cc1csc(NC(=O)Cc2ccc(S)cc2)n1. The standard InChI is InChI=1S/C12H12N2OS2/c1-8-7-17-12(13-8)14-11(15)6-9-2-4-10(16)5-3-9/h2-5,7,16H,6H2,1H3,(H,13,14,15). The quantitative estimate of drug-likeness (QED) is 0.837. The van der Waals surface area contributed by atoms with Gasteiger partial charge in [-0.15, -0.1) is 24.0 Å². The number of aryl methyl sites for hydroxylation is 1. The summed E-state index contributed by atoms with van der Waals surface area (Å²) < 4.78 is 0. The largest absolute Gasteiger partial charge is 0.302 e. The van der Waals surface area contributed by atoms with Gasteiger partial charge in [0.25, 0.3) is 0 Å². The zero-order valence-electron chi connectivity index (χ0n) is 9.30. The van der Waals surface area contributed by atoms with Gasteiger partial charge in [-0.1, -0.05) is 12.1 Å². The fourth-order valence-electron chi connectivity index (χ4n) is 1.37. The second-order valence-electron chi connectivity index (χ2n) is 3.69. The Hall–Kier alpha value is -1.33. The number of aromatic nitrogens is 1. The maximum Gasteiger partial charge on any atom is 0.230 e. The number of hydrogen-bond donors (Lipinski definition) is 2. The molecule has 1 amide bonds. The highest BCUT2D eigenvalue weighted by Crippen LogP contribution is 2.15. The summed E-state index contributed by atoms with van der Waals surface area (Å²) >= 11 is 5.63. The van der Waals surface area contributed by atoms with Crippen LogP contribution in [0.25, 0.3) is 0 Å². The predicted octanol–water partition coefficient (Wildman–Crippen LogP) is 2.92. The molecule has 2 aromatic rings. The third kappa shape index (κ3) is 3.57. The lowest BCUT2D eigenvalue weighted by Crippen LogP contribution is -2.14. The van der Waals surface area contributed by atoms with Crippen molar-refractivity contribution in [1.29, 1.82) is 0 Å². The van der Waals surface area contributed by atoms with Gasteiger partial charge in [-0.3, -0.25) is 4.79 Å². The van der Waals surface area contributed by atoms with Crippen LogP contribution in [0.2, 0.25) is 0 Å². The summed E-state index contributed by atoms with van der Waals surface area (Å²) in [5.74, 6) is -0.0498. The highest BCUT2D eigenvalue weighted by molar-refractivity contribution is 7.80. The van der Waals surface area contributed by atoms with E-state index in [9.17, 15) is 4.79 Å². The van der Waals surface area contributed by atoms with E-state index in [1.54, 1.807) is 0 Å². The summed E-state index contributed by atoms with van der Waals surface area (Å²) in [6.07, 6.45) is 0.354. The number of nitrogens with one attached hydrogen (secondary N) is 1. The van der Waals surface area contributed by atoms with Crippen LogP contribution in [-0.2, 0) is 11.2 Å². The minimum atomic E-state index is -0.0498. The molecule has 0 aliphatic heterocycles. The molecule has 1 aromatic carbocycles. The van der Waals surface area contributed by atoms with Gasteiger partial charge < -0.3 is 5.32 Å². The van der Waals surface area contributed by atoms with Gasteiger partial charge >= 0.3 is 0 Å². The molecule has 0 fully saturated rings. The Morgan fingerprint density at radius 2 is 2.12 bits per heavy atom. The minimum absolute atomic E-state index is 0.0498. The maximum absolute atomic E-state index is 11.7. The van der Waals surface area contributed by atoms with Crippen molar-refractivity contribution in [3.8, 4) is 0 Å². The highest BCUT2D eigenvalue weighted by Gasteiger charge is 2.06. The van der Waals surface area contributed by atoms with Crippen LogP contribution >= 0.6 is 24.0 Å². The summed E-state index contributed by atoms with van der Waals surface area (Å²) in [5.41, 5.74) is 1.89. The van der Waals surface area contributed by atoms with Crippen LogP contribution in [0.4, 0.5) is 5.13 Å². The first-order chi connectivity index (χ1) is 8.13. The molecule has 2 rings (SSSR count). The Morgan fingerprint density at radius 3 is 2.71 bits per heavy atom. The molecule has 1 heterocycles. The molecular weight excluding hydrogens is 252 g/mol. The van der Waals surface area contributed by atoms with Gasteiger partial charge in [0, 0.05) is 10.3 Å². The van der Waals surface area contributed by atoms with E-state index in [-0.39, 0.29) is 5.91 Å². The second kappa shape index (κ2) is 5.33. The van der Waals surface area contributed by atoms with Crippen LogP contribution in [0.5, 0.6) is 0 Å². The Kier molecular flexibility index (Phi) is 3.81. The fourth-order valence-corrected chi connectivity index (χ4v) is 2.23. The van der Waals surface area contributed by atoms with Gasteiger partial charge in [0.2, 0.25) is 5.91 Å². The average Bonchev–Trinajstić information content (AvgIpc) is 2.67. The van der Waals surface area contributed by atoms with E-state index in [2.05, 4.69) is 22.9 Å². The molecule has 0 unspecified atom stereocenters. The number of benzene rings is 1. The molecule has 1 N–H and O–H groups in total. The lowest BCUT2D eigenvalue weighted by molar-refractivity contribution is -0.115. The average molecular weight is 264 g/mol. The summed E-state index contributed by atoms with van der Waals surface area (Å²) in [4.78, 5) is 16.8. The van der Waals surface area contributed by atoms with Crippen molar-refractivity contribution in [1.82, 2.24) is 4.98 Å². The van der Waals surface area contributed by atoms with Crippen LogP contribution in [0, 0.1) is 6.92 Å². The zero-order valence-corrected chi connectivity index (χ0v) is 11.0. The molecule has 1 aromatic heterocycles. The first-order valence-electron chi connectivity index (χ1n) is 5.13. The highest BCUT2D eigenvalue weighted by atomic mass is 32.1. The number of carbonyl (C=O) groups is 1. The Labute approximate surface area is 109 Å². The topological polar surface area (TPSA) is 42.0 Å². The summed E-state index contributed by atoms with van der Waals surface area (Å²) in [7, 11) is 0. The Balaban J connectivity index is 1.95. The van der Waals surface area contributed by atoms with E-state index in [1.807, 2.05) is 36.6 Å². The summed E-state index contributed by atoms with van der Waals surface area (Å²) in [6.45, 7) is 1.90. The summed E-state index contributed by atoms with van der Waals surface area (Å²) in [6, 6.07) is 7.54. The van der Waals surface area contributed by atoms with Gasteiger partial charge in [-0.25, -0.2) is 4.98 Å². The fraction of sp³-hybridized carbons (Fsp3) is 0.167. The van der Waals surface area contributed by atoms with Crippen molar-refractivity contribution in [2.45, 2.75) is 18.2 Å². The van der Waals surface area contributed by atoms with Gasteiger partial charge in [0.15, 0.2) is 5.13 Å². The first kappa shape index (κ1) is 12.1. The van der Waals surface area contributed by atoms with Gasteiger partial charge in [-0.2, -0.15) is 0 Å². The van der Waals surface area contributed by atoms with Gasteiger partial charge in [0.1, 0.15) is 0 Å². The maximum atomic E-state index is 11.7. The molecule has 0 spiro atoms. The molecule has 0 aliphatic carbocycles. The molecule has 5 heteroatoms. The molecule has 3 nitrogen and oxygen atoms in total. The normalized spacial score (nSPS) is 10.2. The number of thiazole rings is 1. The number of nitrogens with zero attached hydrogens (tertiary/aromatic N) is 1. The van der Waals surface area contributed by atoms with Crippen LogP contribution in [0.3, 0.4) is 0 Å². The molecule has 88 valence electrons. The van der Waals surface area contributed by atoms with Gasteiger partial charge in [0.05, 0.1) is 12.1 Å². The van der Waals surface area contributed by atoms with E-state index in [4.69, 9.17) is 0 Å². The number of thiol groups is 1. The monoisotopic (exact) mass is 264 g/mol. The number of carbonyl (C=O) groups excluding carboxylic acids is 1. The van der Waals surface area contributed by atoms with Crippen molar-refractivity contribution >= 4 is 35.0 Å². The number of rotatable bonds is 3. The van der Waals surface area contributed by atoms with Crippen molar-refractivity contribution in [2.24, 2.45) is 0 Å². The van der Waals surface area contributed by atoms with Crippen molar-refractivity contribution in [3.63, 3.8) is 0 Å². The molecule has 0 aliphatic rings. The van der Waals surface area contributed by atoms with Crippen molar-refractivity contribution in [2.75, 3.05) is 5.32 Å². The lowest BCUT2D eigenvalue weighted by atomic mass is 10.1. The molecule has 17 heavy (non-hydrogen) atoms. The van der Waals surface area contributed by atoms with E-state index in [0.29, 0.717) is 11.6 Å². The van der Waals surface area contributed by atoms with E-state index in [1.165, 1.54) is 11.3 Å². The van der Waals surface area contributed by atoms with E-state index >= 15 is 0 Å². The third-order valence-corrected chi connectivity index (χ3v) is 3.34. The lowest BCUT2D eigenvalue weighted by Gasteiger charge is -2.02. The second-order valence-corrected chi connectivity index (χ2v) is 5.06. The smallest absolute Gasteiger partial charge is 0.230 e. The summed E-state index contributed by atoms with van der Waals surface area (Å²) in [5, 5.41) is 5.33.